The van der Waals surface area contributed by atoms with Crippen molar-refractivity contribution in [2.45, 2.75) is 84.5 Å². The van der Waals surface area contributed by atoms with E-state index < -0.39 is 23.3 Å². The van der Waals surface area contributed by atoms with Crippen LogP contribution in [0.4, 0.5) is 17.6 Å². The molecular formula is C27H36F4. The Morgan fingerprint density at radius 3 is 2.19 bits per heavy atom. The summed E-state index contributed by atoms with van der Waals surface area (Å²) >= 11 is 0. The van der Waals surface area contributed by atoms with Crippen LogP contribution in [0.2, 0.25) is 0 Å². The Morgan fingerprint density at radius 2 is 1.58 bits per heavy atom. The summed E-state index contributed by atoms with van der Waals surface area (Å²) in [5.41, 5.74) is 1.12. The van der Waals surface area contributed by atoms with Crippen LogP contribution in [0.5, 0.6) is 0 Å². The van der Waals surface area contributed by atoms with Gasteiger partial charge in [-0.1, -0.05) is 64.8 Å². The third-order valence-corrected chi connectivity index (χ3v) is 6.68. The van der Waals surface area contributed by atoms with Crippen LogP contribution in [0.25, 0.3) is 0 Å². The van der Waals surface area contributed by atoms with Gasteiger partial charge in [-0.25, -0.2) is 17.6 Å². The molecule has 0 amide bonds. The SMILES string of the molecule is C=C(C)/C(F)=C(/F)C(=C)C(C)CCC(C)CCc1ccc(C2CCCCC2)c(F)c1F. The van der Waals surface area contributed by atoms with E-state index in [1.165, 1.54) is 13.3 Å². The van der Waals surface area contributed by atoms with Crippen molar-refractivity contribution < 1.29 is 17.6 Å². The van der Waals surface area contributed by atoms with Gasteiger partial charge >= 0.3 is 0 Å². The highest BCUT2D eigenvalue weighted by Crippen LogP contribution is 2.35. The van der Waals surface area contributed by atoms with Crippen molar-refractivity contribution in [1.82, 2.24) is 0 Å². The van der Waals surface area contributed by atoms with Gasteiger partial charge in [-0.2, -0.15) is 0 Å². The minimum atomic E-state index is -0.945. The molecular weight excluding hydrogens is 400 g/mol. The Morgan fingerprint density at radius 1 is 0.935 bits per heavy atom. The first kappa shape index (κ1) is 25.4. The highest BCUT2D eigenvalue weighted by molar-refractivity contribution is 5.35. The summed E-state index contributed by atoms with van der Waals surface area (Å²) in [5.74, 6) is -3.09. The molecule has 0 spiro atoms. The highest BCUT2D eigenvalue weighted by Gasteiger charge is 2.23. The predicted octanol–water partition coefficient (Wildman–Crippen LogP) is 9.28. The maximum atomic E-state index is 14.7. The Labute approximate surface area is 185 Å². The lowest BCUT2D eigenvalue weighted by Gasteiger charge is -2.23. The first-order chi connectivity index (χ1) is 14.6. The van der Waals surface area contributed by atoms with Gasteiger partial charge in [0.05, 0.1) is 0 Å². The van der Waals surface area contributed by atoms with E-state index in [9.17, 15) is 17.6 Å². The van der Waals surface area contributed by atoms with E-state index in [1.807, 2.05) is 13.8 Å². The van der Waals surface area contributed by atoms with Gasteiger partial charge in [0.15, 0.2) is 23.3 Å². The molecule has 1 aliphatic carbocycles. The average Bonchev–Trinajstić information content (AvgIpc) is 2.77. The molecule has 31 heavy (non-hydrogen) atoms. The zero-order valence-corrected chi connectivity index (χ0v) is 19.2. The second-order valence-corrected chi connectivity index (χ2v) is 9.33. The molecule has 0 aliphatic heterocycles. The molecule has 1 aromatic rings. The molecule has 0 radical (unpaired) electrons. The smallest absolute Gasteiger partial charge is 0.162 e. The van der Waals surface area contributed by atoms with Gasteiger partial charge in [0.2, 0.25) is 0 Å². The van der Waals surface area contributed by atoms with E-state index in [4.69, 9.17) is 0 Å². The molecule has 1 fully saturated rings. The molecule has 0 aromatic heterocycles. The van der Waals surface area contributed by atoms with Crippen molar-refractivity contribution in [3.05, 3.63) is 70.9 Å². The Hall–Kier alpha value is -1.84. The molecule has 1 aromatic carbocycles. The Kier molecular flexibility index (Phi) is 9.58. The molecule has 1 saturated carbocycles. The van der Waals surface area contributed by atoms with Gasteiger partial charge in [-0.15, -0.1) is 0 Å². The van der Waals surface area contributed by atoms with E-state index >= 15 is 0 Å². The molecule has 4 heteroatoms. The second kappa shape index (κ2) is 11.7. The monoisotopic (exact) mass is 436 g/mol. The summed E-state index contributed by atoms with van der Waals surface area (Å²) in [6.07, 6.45) is 7.78. The van der Waals surface area contributed by atoms with Crippen molar-refractivity contribution in [3.63, 3.8) is 0 Å². The molecule has 2 atom stereocenters. The zero-order chi connectivity index (χ0) is 23.1. The van der Waals surface area contributed by atoms with Crippen LogP contribution < -0.4 is 0 Å². The van der Waals surface area contributed by atoms with Crippen LogP contribution >= 0.6 is 0 Å². The molecule has 172 valence electrons. The lowest BCUT2D eigenvalue weighted by atomic mass is 9.83. The van der Waals surface area contributed by atoms with Crippen LogP contribution in [-0.4, -0.2) is 0 Å². The number of hydrogen-bond acceptors (Lipinski definition) is 0. The molecule has 0 N–H and O–H groups in total. The molecule has 0 nitrogen and oxygen atoms in total. The summed E-state index contributed by atoms with van der Waals surface area (Å²) in [4.78, 5) is 0. The van der Waals surface area contributed by atoms with Crippen LogP contribution in [0.3, 0.4) is 0 Å². The van der Waals surface area contributed by atoms with E-state index in [0.29, 0.717) is 30.4 Å². The third kappa shape index (κ3) is 6.82. The minimum Gasteiger partial charge on any atom is -0.203 e. The number of benzene rings is 1. The number of halogens is 4. The summed E-state index contributed by atoms with van der Waals surface area (Å²) < 4.78 is 57.1. The fourth-order valence-electron chi connectivity index (χ4n) is 4.33. The van der Waals surface area contributed by atoms with Crippen LogP contribution in [-0.2, 0) is 6.42 Å². The lowest BCUT2D eigenvalue weighted by Crippen LogP contribution is -2.10. The number of hydrogen-bond donors (Lipinski definition) is 0. The predicted molar refractivity (Wildman–Crippen MR) is 121 cm³/mol. The van der Waals surface area contributed by atoms with Crippen LogP contribution in [0.15, 0.2) is 48.1 Å². The summed E-state index contributed by atoms with van der Waals surface area (Å²) in [6, 6.07) is 3.51. The summed E-state index contributed by atoms with van der Waals surface area (Å²) in [6.45, 7) is 12.4. The lowest BCUT2D eigenvalue weighted by molar-refractivity contribution is 0.409. The normalized spacial score (nSPS) is 17.8. The van der Waals surface area contributed by atoms with Crippen molar-refractivity contribution in [2.24, 2.45) is 11.8 Å². The van der Waals surface area contributed by atoms with Gasteiger partial charge in [-0.3, -0.25) is 0 Å². The van der Waals surface area contributed by atoms with Crippen molar-refractivity contribution >= 4 is 0 Å². The van der Waals surface area contributed by atoms with Gasteiger partial charge in [0.1, 0.15) is 0 Å². The second-order valence-electron chi connectivity index (χ2n) is 9.33. The zero-order valence-electron chi connectivity index (χ0n) is 19.2. The summed E-state index contributed by atoms with van der Waals surface area (Å²) in [5, 5.41) is 0. The molecule has 2 rings (SSSR count). The molecule has 1 aliphatic rings. The quantitative estimate of drug-likeness (QED) is 0.253. The first-order valence-corrected chi connectivity index (χ1v) is 11.5. The first-order valence-electron chi connectivity index (χ1n) is 11.5. The van der Waals surface area contributed by atoms with Crippen molar-refractivity contribution in [3.8, 4) is 0 Å². The average molecular weight is 437 g/mol. The van der Waals surface area contributed by atoms with Gasteiger partial charge in [0.25, 0.3) is 0 Å². The number of allylic oxidation sites excluding steroid dienone is 4. The van der Waals surface area contributed by atoms with E-state index in [0.717, 1.165) is 32.1 Å². The van der Waals surface area contributed by atoms with Gasteiger partial charge in [-0.05, 0) is 79.1 Å². The topological polar surface area (TPSA) is 0 Å². The standard InChI is InChI=1S/C27H36F4/c1-17(2)24(28)25(29)20(5)19(4)13-11-18(3)12-14-22-15-16-23(27(31)26(22)30)21-9-7-6-8-10-21/h15-16,18-19,21H,1,5-14H2,2-4H3/b25-24-. The Balaban J connectivity index is 1.89. The highest BCUT2D eigenvalue weighted by atomic mass is 19.2. The van der Waals surface area contributed by atoms with Crippen LogP contribution in [0.1, 0.15) is 89.2 Å². The van der Waals surface area contributed by atoms with Gasteiger partial charge < -0.3 is 0 Å². The van der Waals surface area contributed by atoms with Crippen molar-refractivity contribution in [1.29, 1.82) is 0 Å². The fourth-order valence-corrected chi connectivity index (χ4v) is 4.33. The minimum absolute atomic E-state index is 0.0444. The molecule has 0 heterocycles. The van der Waals surface area contributed by atoms with E-state index in [1.54, 1.807) is 12.1 Å². The van der Waals surface area contributed by atoms with Gasteiger partial charge in [0, 0.05) is 0 Å². The third-order valence-electron chi connectivity index (χ3n) is 6.68. The van der Waals surface area contributed by atoms with Crippen molar-refractivity contribution in [2.75, 3.05) is 0 Å². The maximum absolute atomic E-state index is 14.7. The number of aryl methyl sites for hydroxylation is 1. The van der Waals surface area contributed by atoms with E-state index in [-0.39, 0.29) is 28.9 Å². The largest absolute Gasteiger partial charge is 0.203 e. The number of rotatable bonds is 10. The van der Waals surface area contributed by atoms with Crippen LogP contribution in [0, 0.1) is 23.5 Å². The Bertz CT molecular complexity index is 815. The molecule has 0 saturated heterocycles. The summed E-state index contributed by atoms with van der Waals surface area (Å²) in [7, 11) is 0. The maximum Gasteiger partial charge on any atom is 0.162 e. The van der Waals surface area contributed by atoms with E-state index in [2.05, 4.69) is 13.2 Å². The fraction of sp³-hybridized carbons (Fsp3) is 0.556. The molecule has 0 bridgehead atoms. The molecule has 2 unspecified atom stereocenters.